The van der Waals surface area contributed by atoms with Gasteiger partial charge in [-0.1, -0.05) is 0 Å². The molecule has 0 bridgehead atoms. The van der Waals surface area contributed by atoms with Gasteiger partial charge in [0.25, 0.3) is 7.57 Å². The molecule has 0 heterocycles. The fourth-order valence-electron chi connectivity index (χ4n) is 0.810. The second-order valence-corrected chi connectivity index (χ2v) is 4.75. The van der Waals surface area contributed by atoms with Crippen LogP contribution in [0.25, 0.3) is 0 Å². The van der Waals surface area contributed by atoms with Gasteiger partial charge in [0, 0.05) is 0 Å². The average Bonchev–Trinajstić information content (AvgIpc) is 2.11. The van der Waals surface area contributed by atoms with Gasteiger partial charge in [-0.25, -0.2) is 4.79 Å². The highest BCUT2D eigenvalue weighted by Crippen LogP contribution is 2.35. The minimum atomic E-state index is -4.13. The van der Waals surface area contributed by atoms with E-state index in [1.165, 1.54) is 0 Å². The van der Waals surface area contributed by atoms with Crippen LogP contribution >= 0.6 is 7.57 Å². The van der Waals surface area contributed by atoms with E-state index in [0.717, 1.165) is 6.92 Å². The molecule has 0 spiro atoms. The lowest BCUT2D eigenvalue weighted by molar-refractivity contribution is -0.159. The molecule has 0 aromatic heterocycles. The Balaban J connectivity index is 4.50. The van der Waals surface area contributed by atoms with Gasteiger partial charge in [0.1, 0.15) is 12.2 Å². The molecule has 0 saturated heterocycles. The molecular weight excluding hydrogens is 243 g/mol. The summed E-state index contributed by atoms with van der Waals surface area (Å²) >= 11 is 0. The molecule has 4 atom stereocenters. The molecular formula is C7H15O8P. The largest absolute Gasteiger partial charge is 0.398 e. The van der Waals surface area contributed by atoms with Crippen molar-refractivity contribution in [2.75, 3.05) is 0 Å². The van der Waals surface area contributed by atoms with Gasteiger partial charge >= 0.3 is 5.97 Å². The lowest BCUT2D eigenvalue weighted by Gasteiger charge is -2.24. The Hall–Kier alpha value is -0.470. The Morgan fingerprint density at radius 1 is 1.19 bits per heavy atom. The molecule has 9 heteroatoms. The van der Waals surface area contributed by atoms with Crippen molar-refractivity contribution in [2.45, 2.75) is 31.3 Å². The maximum atomic E-state index is 11.0. The first-order valence-corrected chi connectivity index (χ1v) is 6.00. The van der Waals surface area contributed by atoms with E-state index in [0.29, 0.717) is 0 Å². The zero-order chi connectivity index (χ0) is 13.1. The first-order valence-electron chi connectivity index (χ1n) is 4.21. The smallest absolute Gasteiger partial charge is 0.343 e. The van der Waals surface area contributed by atoms with Crippen LogP contribution in [0.15, 0.2) is 0 Å². The zero-order valence-electron chi connectivity index (χ0n) is 8.46. The second-order valence-electron chi connectivity index (χ2n) is 3.24. The normalized spacial score (nSPS) is 19.7. The highest BCUT2D eigenvalue weighted by molar-refractivity contribution is 7.58. The number of aliphatic hydroxyl groups is 4. The van der Waals surface area contributed by atoms with E-state index in [2.05, 4.69) is 10.8 Å². The third kappa shape index (κ3) is 5.04. The molecule has 0 aromatic rings. The van der Waals surface area contributed by atoms with Crippen molar-refractivity contribution < 1.29 is 39.5 Å². The van der Waals surface area contributed by atoms with Crippen molar-refractivity contribution in [3.63, 3.8) is 0 Å². The number of hydrogen-bond donors (Lipinski definition) is 6. The fraction of sp³-hybridized carbons (Fsp3) is 0.714. The van der Waals surface area contributed by atoms with E-state index in [4.69, 9.17) is 25.1 Å². The Morgan fingerprint density at radius 2 is 1.62 bits per heavy atom. The van der Waals surface area contributed by atoms with Crippen molar-refractivity contribution in [3.8, 4) is 0 Å². The van der Waals surface area contributed by atoms with E-state index >= 15 is 0 Å². The number of carbonyl (C=O) groups is 1. The third-order valence-corrected chi connectivity index (χ3v) is 2.12. The molecule has 96 valence electrons. The van der Waals surface area contributed by atoms with Crippen molar-refractivity contribution in [2.24, 2.45) is 0 Å². The molecule has 0 unspecified atom stereocenters. The number of hydrogen-bond acceptors (Lipinski definition) is 8. The van der Waals surface area contributed by atoms with Gasteiger partial charge in [-0.15, -0.1) is 0 Å². The minimum absolute atomic E-state index is 1.13. The van der Waals surface area contributed by atoms with Crippen LogP contribution in [0.1, 0.15) is 6.92 Å². The van der Waals surface area contributed by atoms with E-state index in [9.17, 15) is 9.90 Å². The first-order chi connectivity index (χ1) is 7.06. The Labute approximate surface area is 91.6 Å². The summed E-state index contributed by atoms with van der Waals surface area (Å²) < 4.78 is 3.92. The monoisotopic (exact) mass is 258 g/mol. The SMILES string of the molecule is C=P(O)(O)OC(=O)[C@@H](O)[C@H](O)[C@H](O)[C@H](C)O. The molecule has 6 N–H and O–H groups in total. The van der Waals surface area contributed by atoms with Crippen LogP contribution in [-0.2, 0) is 9.32 Å². The highest BCUT2D eigenvalue weighted by Gasteiger charge is 2.35. The summed E-state index contributed by atoms with van der Waals surface area (Å²) in [5.74, 6) is -1.56. The zero-order valence-corrected chi connectivity index (χ0v) is 9.36. The number of rotatable bonds is 5. The second kappa shape index (κ2) is 5.74. The average molecular weight is 258 g/mol. The van der Waals surface area contributed by atoms with E-state index in [1.54, 1.807) is 0 Å². The van der Waals surface area contributed by atoms with Gasteiger partial charge in [-0.2, -0.15) is 0 Å². The maximum absolute atomic E-state index is 11.0. The summed E-state index contributed by atoms with van der Waals surface area (Å²) in [7, 11) is -4.13. The van der Waals surface area contributed by atoms with Crippen molar-refractivity contribution in [1.29, 1.82) is 0 Å². The molecule has 0 rings (SSSR count). The van der Waals surface area contributed by atoms with E-state index in [-0.39, 0.29) is 0 Å². The minimum Gasteiger partial charge on any atom is -0.398 e. The molecule has 0 fully saturated rings. The van der Waals surface area contributed by atoms with Crippen LogP contribution < -0.4 is 0 Å². The molecule has 0 aliphatic rings. The summed E-state index contributed by atoms with van der Waals surface area (Å²) in [6, 6.07) is 0. The summed E-state index contributed by atoms with van der Waals surface area (Å²) in [4.78, 5) is 28.3. The Morgan fingerprint density at radius 3 is 1.94 bits per heavy atom. The topological polar surface area (TPSA) is 148 Å². The van der Waals surface area contributed by atoms with E-state index in [1.807, 2.05) is 0 Å². The van der Waals surface area contributed by atoms with Gasteiger partial charge < -0.3 is 34.7 Å². The summed E-state index contributed by atoms with van der Waals surface area (Å²) in [5.41, 5.74) is 0. The summed E-state index contributed by atoms with van der Waals surface area (Å²) in [6.07, 6.45) is -4.69. The molecule has 0 radical (unpaired) electrons. The highest BCUT2D eigenvalue weighted by atomic mass is 31.2. The quantitative estimate of drug-likeness (QED) is 0.289. The molecule has 16 heavy (non-hydrogen) atoms. The third-order valence-electron chi connectivity index (χ3n) is 1.65. The molecule has 0 aliphatic heterocycles. The summed E-state index contributed by atoms with van der Waals surface area (Å²) in [5, 5.41) is 36.3. The fourth-order valence-corrected chi connectivity index (χ4v) is 1.21. The van der Waals surface area contributed by atoms with Crippen molar-refractivity contribution in [3.05, 3.63) is 0 Å². The van der Waals surface area contributed by atoms with Gasteiger partial charge in [-0.3, -0.25) is 0 Å². The van der Waals surface area contributed by atoms with E-state index < -0.39 is 38.0 Å². The molecule has 8 nitrogen and oxygen atoms in total. The van der Waals surface area contributed by atoms with Gasteiger partial charge in [0.2, 0.25) is 0 Å². The lowest BCUT2D eigenvalue weighted by Crippen LogP contribution is -2.47. The van der Waals surface area contributed by atoms with Crippen LogP contribution in [0.5, 0.6) is 0 Å². The first kappa shape index (κ1) is 15.5. The van der Waals surface area contributed by atoms with Crippen molar-refractivity contribution in [1.82, 2.24) is 0 Å². The van der Waals surface area contributed by atoms with Crippen LogP contribution in [-0.4, -0.2) is 66.9 Å². The van der Waals surface area contributed by atoms with Crippen LogP contribution in [0.2, 0.25) is 0 Å². The molecule has 0 saturated carbocycles. The summed E-state index contributed by atoms with van der Waals surface area (Å²) in [6.45, 7) is 1.13. The predicted octanol–water partition coefficient (Wildman–Crippen LogP) is -2.83. The Bertz CT molecular complexity index is 284. The molecule has 0 aromatic carbocycles. The number of aliphatic hydroxyl groups excluding tert-OH is 4. The number of carbonyl (C=O) groups excluding carboxylic acids is 1. The van der Waals surface area contributed by atoms with Gasteiger partial charge in [0.15, 0.2) is 6.10 Å². The molecule has 0 aliphatic carbocycles. The van der Waals surface area contributed by atoms with Gasteiger partial charge in [-0.05, 0) is 13.2 Å². The predicted molar refractivity (Wildman–Crippen MR) is 54.3 cm³/mol. The maximum Gasteiger partial charge on any atom is 0.343 e. The standard InChI is InChI=1S/C7H15O8P/c1-3(8)4(9)5(10)6(11)7(12)15-16(2,13)14/h3-6,8-11,13-14H,2H2,1H3/t3-,4+,5+,6-/m0/s1. The van der Waals surface area contributed by atoms with Crippen LogP contribution in [0.3, 0.4) is 0 Å². The van der Waals surface area contributed by atoms with Crippen molar-refractivity contribution >= 4 is 19.8 Å². The van der Waals surface area contributed by atoms with Crippen LogP contribution in [0.4, 0.5) is 0 Å². The van der Waals surface area contributed by atoms with Crippen LogP contribution in [0, 0.1) is 0 Å². The van der Waals surface area contributed by atoms with Gasteiger partial charge in [0.05, 0.1) is 6.10 Å². The molecule has 0 amide bonds. The Kier molecular flexibility index (Phi) is 5.57. The lowest BCUT2D eigenvalue weighted by atomic mass is 10.0.